The molecule has 0 aromatic carbocycles. The molecule has 0 aliphatic carbocycles. The van der Waals surface area contributed by atoms with Crippen LogP contribution in [0.1, 0.15) is 22.6 Å². The monoisotopic (exact) mass is 303 g/mol. The highest BCUT2D eigenvalue weighted by Gasteiger charge is 2.17. The Morgan fingerprint density at radius 3 is 2.81 bits per heavy atom. The van der Waals surface area contributed by atoms with E-state index in [2.05, 4.69) is 21.6 Å². The Morgan fingerprint density at radius 1 is 1.29 bits per heavy atom. The van der Waals surface area contributed by atoms with Crippen LogP contribution in [0.15, 0.2) is 18.5 Å². The number of alkyl halides is 1. The van der Waals surface area contributed by atoms with Gasteiger partial charge in [-0.05, 0) is 31.0 Å². The van der Waals surface area contributed by atoms with Crippen LogP contribution in [0, 0.1) is 13.8 Å². The van der Waals surface area contributed by atoms with Crippen molar-refractivity contribution in [3.8, 4) is 0 Å². The number of imidazole rings is 1. The molecule has 0 fully saturated rings. The standard InChI is InChI=1S/C15H18ClN5/c1-10-5-7-17-8-12(10)9-21-13(4-6-16)18-14-11(2)19-20(3)15(14)21/h5,7-8H,4,6,9H2,1-3H3. The molecule has 21 heavy (non-hydrogen) atoms. The topological polar surface area (TPSA) is 48.5 Å². The average Bonchev–Trinajstić information content (AvgIpc) is 2.93. The van der Waals surface area contributed by atoms with E-state index in [9.17, 15) is 0 Å². The lowest BCUT2D eigenvalue weighted by Crippen LogP contribution is -2.10. The molecular formula is C15H18ClN5. The fourth-order valence-electron chi connectivity index (χ4n) is 2.65. The summed E-state index contributed by atoms with van der Waals surface area (Å²) < 4.78 is 4.09. The molecule has 0 spiro atoms. The van der Waals surface area contributed by atoms with Crippen molar-refractivity contribution in [2.75, 3.05) is 5.88 Å². The van der Waals surface area contributed by atoms with Gasteiger partial charge in [-0.15, -0.1) is 11.6 Å². The predicted octanol–water partition coefficient (Wildman–Crippen LogP) is 2.61. The Bertz CT molecular complexity index is 787. The molecule has 0 saturated carbocycles. The Hall–Kier alpha value is -1.88. The van der Waals surface area contributed by atoms with Gasteiger partial charge in [-0.25, -0.2) is 4.98 Å². The molecule has 0 amide bonds. The van der Waals surface area contributed by atoms with Crippen LogP contribution >= 0.6 is 11.6 Å². The first-order valence-corrected chi connectivity index (χ1v) is 7.49. The highest BCUT2D eigenvalue weighted by atomic mass is 35.5. The molecule has 3 rings (SSSR count). The first-order valence-electron chi connectivity index (χ1n) is 6.96. The van der Waals surface area contributed by atoms with Gasteiger partial charge in [0, 0.05) is 31.7 Å². The summed E-state index contributed by atoms with van der Waals surface area (Å²) in [6.07, 6.45) is 4.47. The molecule has 5 nitrogen and oxygen atoms in total. The van der Waals surface area contributed by atoms with Gasteiger partial charge in [0.15, 0.2) is 5.65 Å². The third-order valence-corrected chi connectivity index (χ3v) is 3.95. The average molecular weight is 304 g/mol. The number of pyridine rings is 1. The predicted molar refractivity (Wildman–Crippen MR) is 83.7 cm³/mol. The van der Waals surface area contributed by atoms with Crippen LogP contribution in [0.3, 0.4) is 0 Å². The van der Waals surface area contributed by atoms with E-state index in [-0.39, 0.29) is 0 Å². The summed E-state index contributed by atoms with van der Waals surface area (Å²) in [4.78, 5) is 8.95. The second kappa shape index (κ2) is 5.48. The van der Waals surface area contributed by atoms with E-state index in [4.69, 9.17) is 16.6 Å². The zero-order valence-corrected chi connectivity index (χ0v) is 13.2. The van der Waals surface area contributed by atoms with Gasteiger partial charge in [-0.2, -0.15) is 5.10 Å². The Labute approximate surface area is 128 Å². The van der Waals surface area contributed by atoms with Gasteiger partial charge in [0.1, 0.15) is 11.3 Å². The molecule has 0 bridgehead atoms. The highest BCUT2D eigenvalue weighted by molar-refractivity contribution is 6.17. The molecular weight excluding hydrogens is 286 g/mol. The smallest absolute Gasteiger partial charge is 0.158 e. The number of aryl methyl sites for hydroxylation is 4. The number of hydrogen-bond donors (Lipinski definition) is 0. The summed E-state index contributed by atoms with van der Waals surface area (Å²) in [7, 11) is 1.95. The van der Waals surface area contributed by atoms with Crippen LogP contribution in [-0.4, -0.2) is 30.2 Å². The first kappa shape index (κ1) is 14.1. The Morgan fingerprint density at radius 2 is 2.10 bits per heavy atom. The van der Waals surface area contributed by atoms with Crippen LogP contribution in [0.25, 0.3) is 11.2 Å². The van der Waals surface area contributed by atoms with Gasteiger partial charge in [0.2, 0.25) is 0 Å². The van der Waals surface area contributed by atoms with E-state index in [0.717, 1.165) is 35.6 Å². The Kier molecular flexibility index (Phi) is 3.68. The lowest BCUT2D eigenvalue weighted by atomic mass is 10.1. The summed E-state index contributed by atoms with van der Waals surface area (Å²) in [5, 5.41) is 4.46. The molecule has 110 valence electrons. The first-order chi connectivity index (χ1) is 10.1. The van der Waals surface area contributed by atoms with Crippen LogP contribution < -0.4 is 0 Å². The molecule has 0 aliphatic rings. The zero-order valence-electron chi connectivity index (χ0n) is 12.5. The minimum atomic E-state index is 0.557. The van der Waals surface area contributed by atoms with Crippen molar-refractivity contribution in [3.63, 3.8) is 0 Å². The molecule has 3 aromatic rings. The minimum absolute atomic E-state index is 0.557. The second-order valence-corrected chi connectivity index (χ2v) is 5.61. The van der Waals surface area contributed by atoms with Crippen molar-refractivity contribution in [2.45, 2.75) is 26.8 Å². The van der Waals surface area contributed by atoms with Crippen molar-refractivity contribution in [3.05, 3.63) is 41.1 Å². The van der Waals surface area contributed by atoms with Gasteiger partial charge in [-0.3, -0.25) is 9.67 Å². The van der Waals surface area contributed by atoms with E-state index in [1.165, 1.54) is 11.1 Å². The third kappa shape index (κ3) is 2.42. The number of rotatable bonds is 4. The lowest BCUT2D eigenvalue weighted by Gasteiger charge is -2.10. The van der Waals surface area contributed by atoms with Crippen molar-refractivity contribution in [1.29, 1.82) is 0 Å². The zero-order chi connectivity index (χ0) is 15.0. The largest absolute Gasteiger partial charge is 0.308 e. The molecule has 0 radical (unpaired) electrons. The highest BCUT2D eigenvalue weighted by Crippen LogP contribution is 2.21. The fourth-order valence-corrected chi connectivity index (χ4v) is 2.82. The van der Waals surface area contributed by atoms with Crippen molar-refractivity contribution in [1.82, 2.24) is 24.3 Å². The molecule has 3 aromatic heterocycles. The quantitative estimate of drug-likeness (QED) is 0.696. The molecule has 3 heterocycles. The van der Waals surface area contributed by atoms with Crippen molar-refractivity contribution < 1.29 is 0 Å². The minimum Gasteiger partial charge on any atom is -0.308 e. The third-order valence-electron chi connectivity index (χ3n) is 3.76. The van der Waals surface area contributed by atoms with E-state index in [1.54, 1.807) is 0 Å². The van der Waals surface area contributed by atoms with E-state index < -0.39 is 0 Å². The van der Waals surface area contributed by atoms with Crippen LogP contribution in [-0.2, 0) is 20.0 Å². The number of nitrogens with zero attached hydrogens (tertiary/aromatic N) is 5. The summed E-state index contributed by atoms with van der Waals surface area (Å²) in [6.45, 7) is 4.82. The fraction of sp³-hybridized carbons (Fsp3) is 0.400. The number of fused-ring (bicyclic) bond motifs is 1. The summed E-state index contributed by atoms with van der Waals surface area (Å²) in [6, 6.07) is 2.03. The van der Waals surface area contributed by atoms with Crippen LogP contribution in [0.4, 0.5) is 0 Å². The summed E-state index contributed by atoms with van der Waals surface area (Å²) >= 11 is 5.93. The van der Waals surface area contributed by atoms with Crippen molar-refractivity contribution >= 4 is 22.8 Å². The van der Waals surface area contributed by atoms with Gasteiger partial charge >= 0.3 is 0 Å². The number of hydrogen-bond acceptors (Lipinski definition) is 3. The lowest BCUT2D eigenvalue weighted by molar-refractivity contribution is 0.689. The van der Waals surface area contributed by atoms with Gasteiger partial charge < -0.3 is 4.57 Å². The van der Waals surface area contributed by atoms with E-state index >= 15 is 0 Å². The maximum atomic E-state index is 5.93. The summed E-state index contributed by atoms with van der Waals surface area (Å²) in [5.41, 5.74) is 5.36. The van der Waals surface area contributed by atoms with E-state index in [1.807, 2.05) is 37.1 Å². The molecule has 0 saturated heterocycles. The molecule has 0 aliphatic heterocycles. The maximum Gasteiger partial charge on any atom is 0.158 e. The van der Waals surface area contributed by atoms with Crippen LogP contribution in [0.5, 0.6) is 0 Å². The van der Waals surface area contributed by atoms with Gasteiger partial charge in [0.05, 0.1) is 12.2 Å². The Balaban J connectivity index is 2.15. The molecule has 0 atom stereocenters. The van der Waals surface area contributed by atoms with Crippen LogP contribution in [0.2, 0.25) is 0 Å². The molecule has 6 heteroatoms. The van der Waals surface area contributed by atoms with Gasteiger partial charge in [0.25, 0.3) is 0 Å². The second-order valence-electron chi connectivity index (χ2n) is 5.24. The van der Waals surface area contributed by atoms with E-state index in [0.29, 0.717) is 5.88 Å². The van der Waals surface area contributed by atoms with Gasteiger partial charge in [-0.1, -0.05) is 0 Å². The molecule has 0 unspecified atom stereocenters. The number of halogens is 1. The maximum absolute atomic E-state index is 5.93. The number of aromatic nitrogens is 5. The SMILES string of the molecule is Cc1ccncc1Cn1c(CCCl)nc2c(C)nn(C)c21. The van der Waals surface area contributed by atoms with Crippen molar-refractivity contribution in [2.24, 2.45) is 7.05 Å². The summed E-state index contributed by atoms with van der Waals surface area (Å²) in [5.74, 6) is 1.56. The normalized spacial score (nSPS) is 11.4. The molecule has 0 N–H and O–H groups in total.